The third kappa shape index (κ3) is 3.39. The molecule has 0 fully saturated rings. The number of hydrogen-bond donors (Lipinski definition) is 2. The van der Waals surface area contributed by atoms with Crippen LogP contribution in [0, 0.1) is 6.92 Å². The molecule has 142 valence electrons. The van der Waals surface area contributed by atoms with E-state index in [9.17, 15) is 13.6 Å². The lowest BCUT2D eigenvalue weighted by Gasteiger charge is -2.10. The number of nitrogens with one attached hydrogen (secondary N) is 1. The van der Waals surface area contributed by atoms with E-state index in [0.717, 1.165) is 10.3 Å². The molecule has 28 heavy (non-hydrogen) atoms. The Morgan fingerprint density at radius 3 is 2.61 bits per heavy atom. The first-order valence-corrected chi connectivity index (χ1v) is 10.2. The highest BCUT2D eigenvalue weighted by Crippen LogP contribution is 2.27. The molecule has 4 aromatic rings. The number of aryl methyl sites for hydroxylation is 1. The molecule has 9 heteroatoms. The first-order chi connectivity index (χ1) is 13.3. The van der Waals surface area contributed by atoms with Crippen LogP contribution in [0.1, 0.15) is 5.56 Å². The van der Waals surface area contributed by atoms with Crippen molar-refractivity contribution in [3.05, 3.63) is 77.6 Å². The van der Waals surface area contributed by atoms with Crippen molar-refractivity contribution in [3.63, 3.8) is 0 Å². The van der Waals surface area contributed by atoms with Crippen molar-refractivity contribution in [2.45, 2.75) is 11.8 Å². The summed E-state index contributed by atoms with van der Waals surface area (Å²) in [6, 6.07) is 14.9. The minimum absolute atomic E-state index is 0.151. The minimum Gasteiger partial charge on any atom is -0.285 e. The second-order valence-electron chi connectivity index (χ2n) is 6.28. The zero-order valence-electron chi connectivity index (χ0n) is 14.7. The fourth-order valence-corrected chi connectivity index (χ4v) is 4.03. The van der Waals surface area contributed by atoms with E-state index in [0.29, 0.717) is 21.8 Å². The maximum atomic E-state index is 12.7. The SMILES string of the molecule is Cc1ccc(S(=O)(=O)Nc2ccc(Cl)c3cc(-c4ccc[n+](O)c4)nn23)cc1. The molecule has 0 aliphatic carbocycles. The van der Waals surface area contributed by atoms with Gasteiger partial charge in [0.05, 0.1) is 26.7 Å². The van der Waals surface area contributed by atoms with Gasteiger partial charge in [-0.05, 0) is 43.3 Å². The number of benzene rings is 1. The van der Waals surface area contributed by atoms with Crippen LogP contribution in [-0.2, 0) is 10.0 Å². The summed E-state index contributed by atoms with van der Waals surface area (Å²) in [4.78, 5) is 0.151. The molecule has 0 saturated heterocycles. The van der Waals surface area contributed by atoms with Crippen LogP contribution in [0.15, 0.2) is 71.9 Å². The van der Waals surface area contributed by atoms with Crippen molar-refractivity contribution in [2.75, 3.05) is 4.72 Å². The predicted octanol–water partition coefficient (Wildman–Crippen LogP) is 3.29. The van der Waals surface area contributed by atoms with E-state index in [-0.39, 0.29) is 10.7 Å². The van der Waals surface area contributed by atoms with Gasteiger partial charge in [0.1, 0.15) is 5.82 Å². The van der Waals surface area contributed by atoms with Gasteiger partial charge in [0.2, 0.25) is 12.4 Å². The third-order valence-electron chi connectivity index (χ3n) is 4.22. The van der Waals surface area contributed by atoms with Gasteiger partial charge in [0, 0.05) is 10.8 Å². The van der Waals surface area contributed by atoms with Gasteiger partial charge in [-0.2, -0.15) is 5.10 Å². The summed E-state index contributed by atoms with van der Waals surface area (Å²) in [5.74, 6) is 0.249. The number of rotatable bonds is 4. The molecule has 0 saturated carbocycles. The summed E-state index contributed by atoms with van der Waals surface area (Å²) in [5.41, 5.74) is 2.69. The Labute approximate surface area is 166 Å². The molecular formula is C19H16ClN4O3S+. The van der Waals surface area contributed by atoms with Crippen LogP contribution in [0.2, 0.25) is 5.02 Å². The van der Waals surface area contributed by atoms with E-state index in [1.807, 2.05) is 6.92 Å². The van der Waals surface area contributed by atoms with Crippen LogP contribution in [0.3, 0.4) is 0 Å². The molecule has 7 nitrogen and oxygen atoms in total. The average molecular weight is 416 g/mol. The van der Waals surface area contributed by atoms with E-state index in [1.165, 1.54) is 16.9 Å². The molecule has 0 bridgehead atoms. The lowest BCUT2D eigenvalue weighted by molar-refractivity contribution is -0.904. The van der Waals surface area contributed by atoms with Gasteiger partial charge < -0.3 is 0 Å². The van der Waals surface area contributed by atoms with Crippen molar-refractivity contribution in [1.29, 1.82) is 0 Å². The second-order valence-corrected chi connectivity index (χ2v) is 8.37. The van der Waals surface area contributed by atoms with Gasteiger partial charge in [-0.1, -0.05) is 29.3 Å². The minimum atomic E-state index is -3.79. The first kappa shape index (κ1) is 18.3. The van der Waals surface area contributed by atoms with E-state index in [1.54, 1.807) is 54.6 Å². The topological polar surface area (TPSA) is 87.6 Å². The van der Waals surface area contributed by atoms with Crippen LogP contribution < -0.4 is 9.45 Å². The molecule has 1 aromatic carbocycles. The zero-order chi connectivity index (χ0) is 19.9. The highest BCUT2D eigenvalue weighted by Gasteiger charge is 2.18. The smallest absolute Gasteiger partial charge is 0.263 e. The number of aromatic nitrogens is 3. The van der Waals surface area contributed by atoms with Crippen molar-refractivity contribution >= 4 is 33.0 Å². The number of halogens is 1. The first-order valence-electron chi connectivity index (χ1n) is 8.32. The molecule has 0 radical (unpaired) electrons. The van der Waals surface area contributed by atoms with Gasteiger partial charge in [0.15, 0.2) is 0 Å². The van der Waals surface area contributed by atoms with Crippen molar-refractivity contribution in [1.82, 2.24) is 9.61 Å². The summed E-state index contributed by atoms with van der Waals surface area (Å²) in [6.07, 6.45) is 2.97. The molecule has 4 rings (SSSR count). The van der Waals surface area contributed by atoms with Crippen LogP contribution in [-0.4, -0.2) is 23.2 Å². The average Bonchev–Trinajstić information content (AvgIpc) is 3.11. The molecule has 0 amide bonds. The molecule has 3 aromatic heterocycles. The predicted molar refractivity (Wildman–Crippen MR) is 105 cm³/mol. The van der Waals surface area contributed by atoms with Crippen molar-refractivity contribution in [3.8, 4) is 11.3 Å². The number of anilines is 1. The van der Waals surface area contributed by atoms with Crippen LogP contribution in [0.5, 0.6) is 0 Å². The zero-order valence-corrected chi connectivity index (χ0v) is 16.3. The van der Waals surface area contributed by atoms with Gasteiger partial charge in [-0.15, -0.1) is 0 Å². The van der Waals surface area contributed by atoms with E-state index in [2.05, 4.69) is 9.82 Å². The van der Waals surface area contributed by atoms with Gasteiger partial charge in [-0.25, -0.2) is 12.9 Å². The van der Waals surface area contributed by atoms with Gasteiger partial charge in [0.25, 0.3) is 10.0 Å². The molecule has 3 heterocycles. The van der Waals surface area contributed by atoms with E-state index >= 15 is 0 Å². The van der Waals surface area contributed by atoms with Gasteiger partial charge in [-0.3, -0.25) is 9.93 Å². The summed E-state index contributed by atoms with van der Waals surface area (Å²) in [7, 11) is -3.79. The monoisotopic (exact) mass is 415 g/mol. The Hall–Kier alpha value is -3.10. The highest BCUT2D eigenvalue weighted by molar-refractivity contribution is 7.92. The number of pyridine rings is 2. The van der Waals surface area contributed by atoms with Crippen LogP contribution in [0.4, 0.5) is 5.82 Å². The molecular weight excluding hydrogens is 400 g/mol. The standard InChI is InChI=1S/C19H16ClN4O3S/c1-13-4-6-15(7-5-13)28(26,27)22-19-9-8-16(20)18-11-17(21-24(18)19)14-3-2-10-23(25)12-14/h2-12,22,25H,1H3/q+1. The number of fused-ring (bicyclic) bond motifs is 1. The molecule has 0 atom stereocenters. The van der Waals surface area contributed by atoms with Crippen molar-refractivity contribution < 1.29 is 18.4 Å². The number of sulfonamides is 1. The van der Waals surface area contributed by atoms with E-state index in [4.69, 9.17) is 11.6 Å². The molecule has 2 N–H and O–H groups in total. The van der Waals surface area contributed by atoms with Crippen LogP contribution in [0.25, 0.3) is 16.8 Å². The Bertz CT molecular complexity index is 1280. The maximum absolute atomic E-state index is 12.7. The lowest BCUT2D eigenvalue weighted by atomic mass is 10.2. The maximum Gasteiger partial charge on any atom is 0.263 e. The van der Waals surface area contributed by atoms with Crippen molar-refractivity contribution in [2.24, 2.45) is 0 Å². The summed E-state index contributed by atoms with van der Waals surface area (Å²) in [6.45, 7) is 1.89. The third-order valence-corrected chi connectivity index (χ3v) is 5.91. The van der Waals surface area contributed by atoms with E-state index < -0.39 is 10.0 Å². The highest BCUT2D eigenvalue weighted by atomic mass is 35.5. The Morgan fingerprint density at radius 2 is 1.89 bits per heavy atom. The Morgan fingerprint density at radius 1 is 1.14 bits per heavy atom. The Balaban J connectivity index is 1.79. The Kier molecular flexibility index (Phi) is 4.44. The molecule has 0 spiro atoms. The number of hydrogen-bond acceptors (Lipinski definition) is 4. The molecule has 0 aliphatic rings. The summed E-state index contributed by atoms with van der Waals surface area (Å²) < 4.78 is 30.4. The van der Waals surface area contributed by atoms with Gasteiger partial charge >= 0.3 is 0 Å². The number of nitrogens with zero attached hydrogens (tertiary/aromatic N) is 3. The summed E-state index contributed by atoms with van der Waals surface area (Å²) >= 11 is 6.27. The lowest BCUT2D eigenvalue weighted by Crippen LogP contribution is -2.28. The fourth-order valence-electron chi connectivity index (χ4n) is 2.79. The summed E-state index contributed by atoms with van der Waals surface area (Å²) in [5, 5.41) is 14.5. The largest absolute Gasteiger partial charge is 0.285 e. The van der Waals surface area contributed by atoms with Crippen LogP contribution >= 0.6 is 11.6 Å². The quantitative estimate of drug-likeness (QED) is 0.395. The second kappa shape index (κ2) is 6.81. The molecule has 0 aliphatic heterocycles. The molecule has 0 unspecified atom stereocenters. The fraction of sp³-hybridized carbons (Fsp3) is 0.0526. The normalized spacial score (nSPS) is 11.6.